The number of carbonyl (C=O) groups excluding carboxylic acids is 1. The highest BCUT2D eigenvalue weighted by molar-refractivity contribution is 14.1. The highest BCUT2D eigenvalue weighted by Gasteiger charge is 2.14. The van der Waals surface area contributed by atoms with E-state index in [4.69, 9.17) is 28.9 Å². The van der Waals surface area contributed by atoms with Crippen molar-refractivity contribution in [3.8, 4) is 0 Å². The molecule has 3 nitrogen and oxygen atoms in total. The van der Waals surface area contributed by atoms with Crippen LogP contribution in [-0.2, 0) is 6.54 Å². The van der Waals surface area contributed by atoms with E-state index in [1.807, 2.05) is 6.07 Å². The Bertz CT molecular complexity index is 691. The second kappa shape index (κ2) is 6.85. The van der Waals surface area contributed by atoms with Crippen LogP contribution in [0.1, 0.15) is 15.9 Å². The lowest BCUT2D eigenvalue weighted by Gasteiger charge is -2.18. The molecule has 2 N–H and O–H groups in total. The first-order valence-corrected chi connectivity index (χ1v) is 7.96. The molecule has 0 atom stereocenters. The van der Waals surface area contributed by atoms with Crippen molar-refractivity contribution in [2.75, 3.05) is 12.8 Å². The van der Waals surface area contributed by atoms with Gasteiger partial charge in [0.15, 0.2) is 0 Å². The zero-order valence-corrected chi connectivity index (χ0v) is 14.9. The average molecular weight is 435 g/mol. The van der Waals surface area contributed by atoms with Crippen LogP contribution in [0.5, 0.6) is 0 Å². The number of hydrogen-bond acceptors (Lipinski definition) is 2. The Balaban J connectivity index is 2.19. The third kappa shape index (κ3) is 4.02. The molecule has 6 heteroatoms. The normalized spacial score (nSPS) is 10.5. The number of hydrogen-bond donors (Lipinski definition) is 1. The molecule has 0 saturated carbocycles. The topological polar surface area (TPSA) is 46.3 Å². The van der Waals surface area contributed by atoms with Gasteiger partial charge in [0.25, 0.3) is 5.91 Å². The summed E-state index contributed by atoms with van der Waals surface area (Å²) in [5.41, 5.74) is 7.72. The molecule has 0 saturated heterocycles. The zero-order valence-electron chi connectivity index (χ0n) is 11.2. The summed E-state index contributed by atoms with van der Waals surface area (Å²) in [4.78, 5) is 14.0. The number of anilines is 1. The van der Waals surface area contributed by atoms with Gasteiger partial charge >= 0.3 is 0 Å². The van der Waals surface area contributed by atoms with Crippen molar-refractivity contribution < 1.29 is 4.79 Å². The minimum absolute atomic E-state index is 0.119. The molecule has 0 aliphatic heterocycles. The van der Waals surface area contributed by atoms with Gasteiger partial charge in [-0.3, -0.25) is 4.79 Å². The van der Waals surface area contributed by atoms with Gasteiger partial charge < -0.3 is 10.6 Å². The van der Waals surface area contributed by atoms with E-state index in [2.05, 4.69) is 22.6 Å². The summed E-state index contributed by atoms with van der Waals surface area (Å²) < 4.78 is 0.910. The third-order valence-corrected chi connectivity index (χ3v) is 4.93. The van der Waals surface area contributed by atoms with Crippen LogP contribution in [0.2, 0.25) is 10.0 Å². The van der Waals surface area contributed by atoms with Crippen LogP contribution in [0.4, 0.5) is 5.69 Å². The second-order valence-corrected chi connectivity index (χ2v) is 6.62. The Labute approximate surface area is 147 Å². The number of rotatable bonds is 3. The molecule has 2 aromatic rings. The van der Waals surface area contributed by atoms with Crippen LogP contribution in [0, 0.1) is 3.57 Å². The molecule has 2 aromatic carbocycles. The maximum Gasteiger partial charge on any atom is 0.253 e. The van der Waals surface area contributed by atoms with E-state index in [1.165, 1.54) is 0 Å². The predicted molar refractivity (Wildman–Crippen MR) is 95.8 cm³/mol. The van der Waals surface area contributed by atoms with E-state index >= 15 is 0 Å². The molecule has 110 valence electrons. The molecule has 0 bridgehead atoms. The van der Waals surface area contributed by atoms with Crippen molar-refractivity contribution in [1.29, 1.82) is 0 Å². The minimum Gasteiger partial charge on any atom is -0.399 e. The summed E-state index contributed by atoms with van der Waals surface area (Å²) in [6, 6.07) is 10.5. The first-order chi connectivity index (χ1) is 9.88. The molecule has 0 aliphatic carbocycles. The van der Waals surface area contributed by atoms with E-state index in [1.54, 1.807) is 42.3 Å². The molecule has 2 rings (SSSR count). The summed E-state index contributed by atoms with van der Waals surface area (Å²) in [6.45, 7) is 0.381. The molecular formula is C15H13Cl2IN2O. The molecule has 0 heterocycles. The van der Waals surface area contributed by atoms with E-state index in [0.717, 1.165) is 9.13 Å². The first kappa shape index (κ1) is 16.4. The molecule has 0 aromatic heterocycles. The lowest BCUT2D eigenvalue weighted by molar-refractivity contribution is 0.0785. The summed E-state index contributed by atoms with van der Waals surface area (Å²) >= 11 is 14.3. The zero-order chi connectivity index (χ0) is 15.6. The van der Waals surface area contributed by atoms with Crippen molar-refractivity contribution in [3.63, 3.8) is 0 Å². The highest BCUT2D eigenvalue weighted by Crippen LogP contribution is 2.23. The SMILES string of the molecule is CN(Cc1cc(N)ccc1Cl)C(=O)c1ccc(I)c(Cl)c1. The van der Waals surface area contributed by atoms with Gasteiger partial charge in [0.05, 0.1) is 5.02 Å². The Hall–Kier alpha value is -0.980. The van der Waals surface area contributed by atoms with Gasteiger partial charge in [0.1, 0.15) is 0 Å². The number of nitrogen functional groups attached to an aromatic ring is 1. The molecule has 0 fully saturated rings. The van der Waals surface area contributed by atoms with Crippen LogP contribution < -0.4 is 5.73 Å². The first-order valence-electron chi connectivity index (χ1n) is 6.13. The minimum atomic E-state index is -0.119. The Morgan fingerprint density at radius 1 is 1.19 bits per heavy atom. The number of amides is 1. The summed E-state index contributed by atoms with van der Waals surface area (Å²) in [7, 11) is 1.72. The van der Waals surface area contributed by atoms with Gasteiger partial charge in [0, 0.05) is 33.4 Å². The number of nitrogens with zero attached hydrogens (tertiary/aromatic N) is 1. The fourth-order valence-corrected chi connectivity index (χ4v) is 2.59. The van der Waals surface area contributed by atoms with Gasteiger partial charge in [0.2, 0.25) is 0 Å². The molecule has 0 radical (unpaired) electrons. The van der Waals surface area contributed by atoms with Gasteiger partial charge in [-0.1, -0.05) is 23.2 Å². The molecule has 21 heavy (non-hydrogen) atoms. The highest BCUT2D eigenvalue weighted by atomic mass is 127. The van der Waals surface area contributed by atoms with E-state index in [0.29, 0.717) is 27.8 Å². The van der Waals surface area contributed by atoms with Crippen LogP contribution in [0.25, 0.3) is 0 Å². The smallest absolute Gasteiger partial charge is 0.253 e. The van der Waals surface area contributed by atoms with Crippen LogP contribution in [0.15, 0.2) is 36.4 Å². The molecule has 0 aliphatic rings. The van der Waals surface area contributed by atoms with E-state index in [9.17, 15) is 4.79 Å². The number of benzene rings is 2. The van der Waals surface area contributed by atoms with E-state index < -0.39 is 0 Å². The summed E-state index contributed by atoms with van der Waals surface area (Å²) in [6.07, 6.45) is 0. The fourth-order valence-electron chi connectivity index (χ4n) is 1.89. The Kier molecular flexibility index (Phi) is 5.35. The van der Waals surface area contributed by atoms with Gasteiger partial charge in [-0.15, -0.1) is 0 Å². The average Bonchev–Trinajstić information content (AvgIpc) is 2.45. The Morgan fingerprint density at radius 3 is 2.57 bits per heavy atom. The van der Waals surface area contributed by atoms with Crippen LogP contribution in [-0.4, -0.2) is 17.9 Å². The fraction of sp³-hybridized carbons (Fsp3) is 0.133. The van der Waals surface area contributed by atoms with Crippen molar-refractivity contribution >= 4 is 57.4 Å². The standard InChI is InChI=1S/C15H13Cl2IN2O/c1-20(8-10-6-11(19)3-4-12(10)16)15(21)9-2-5-14(18)13(17)7-9/h2-7H,8,19H2,1H3. The predicted octanol–water partition coefficient (Wildman–Crippen LogP) is 4.45. The maximum atomic E-state index is 12.4. The lowest BCUT2D eigenvalue weighted by atomic mass is 10.1. The third-order valence-electron chi connectivity index (χ3n) is 2.99. The van der Waals surface area contributed by atoms with Gasteiger partial charge in [-0.05, 0) is 64.6 Å². The molecule has 0 spiro atoms. The molecule has 1 amide bonds. The monoisotopic (exact) mass is 434 g/mol. The van der Waals surface area contributed by atoms with E-state index in [-0.39, 0.29) is 5.91 Å². The maximum absolute atomic E-state index is 12.4. The summed E-state index contributed by atoms with van der Waals surface area (Å²) in [5.74, 6) is -0.119. The quantitative estimate of drug-likeness (QED) is 0.572. The van der Waals surface area contributed by atoms with Gasteiger partial charge in [-0.2, -0.15) is 0 Å². The number of halogens is 3. The van der Waals surface area contributed by atoms with Crippen molar-refractivity contribution in [2.24, 2.45) is 0 Å². The van der Waals surface area contributed by atoms with Crippen LogP contribution >= 0.6 is 45.8 Å². The molecular weight excluding hydrogens is 422 g/mol. The summed E-state index contributed by atoms with van der Waals surface area (Å²) in [5, 5.41) is 1.15. The van der Waals surface area contributed by atoms with Crippen molar-refractivity contribution in [2.45, 2.75) is 6.54 Å². The van der Waals surface area contributed by atoms with Crippen molar-refractivity contribution in [3.05, 3.63) is 61.1 Å². The largest absolute Gasteiger partial charge is 0.399 e. The lowest BCUT2D eigenvalue weighted by Crippen LogP contribution is -2.26. The second-order valence-electron chi connectivity index (χ2n) is 4.64. The molecule has 0 unspecified atom stereocenters. The number of carbonyl (C=O) groups is 1. The number of nitrogens with two attached hydrogens (primary N) is 1. The van der Waals surface area contributed by atoms with Crippen molar-refractivity contribution in [1.82, 2.24) is 4.90 Å². The van der Waals surface area contributed by atoms with Crippen LogP contribution in [0.3, 0.4) is 0 Å². The van der Waals surface area contributed by atoms with Gasteiger partial charge in [-0.25, -0.2) is 0 Å². The Morgan fingerprint density at radius 2 is 1.90 bits per heavy atom.